The molecule has 1 heterocycles. The highest BCUT2D eigenvalue weighted by Gasteiger charge is 2.18. The van der Waals surface area contributed by atoms with Crippen LogP contribution in [0.2, 0.25) is 10.0 Å². The highest BCUT2D eigenvalue weighted by Crippen LogP contribution is 2.23. The van der Waals surface area contributed by atoms with Gasteiger partial charge in [-0.3, -0.25) is 9.69 Å². The molecule has 0 amide bonds. The molecule has 30 heavy (non-hydrogen) atoms. The zero-order valence-electron chi connectivity index (χ0n) is 16.9. The smallest absolute Gasteiger partial charge is 0.307 e. The highest BCUT2D eigenvalue weighted by molar-refractivity contribution is 6.30. The van der Waals surface area contributed by atoms with Crippen molar-refractivity contribution in [1.82, 2.24) is 10.2 Å². The third kappa shape index (κ3) is 7.47. The molecular weight excluding hydrogens is 423 g/mol. The molecule has 162 valence electrons. The van der Waals surface area contributed by atoms with Crippen molar-refractivity contribution in [3.05, 3.63) is 63.6 Å². The summed E-state index contributed by atoms with van der Waals surface area (Å²) in [5.74, 6) is -0.302. The summed E-state index contributed by atoms with van der Waals surface area (Å²) in [6.07, 6.45) is 3.03. The number of benzene rings is 2. The van der Waals surface area contributed by atoms with Gasteiger partial charge < -0.3 is 15.2 Å². The maximum atomic E-state index is 11.0. The normalized spacial score (nSPS) is 15.3. The van der Waals surface area contributed by atoms with Gasteiger partial charge in [0, 0.05) is 28.2 Å². The van der Waals surface area contributed by atoms with Gasteiger partial charge in [-0.1, -0.05) is 35.3 Å². The average Bonchev–Trinajstić information content (AvgIpc) is 2.72. The first kappa shape index (κ1) is 22.9. The summed E-state index contributed by atoms with van der Waals surface area (Å²) in [5, 5.41) is 13.9. The van der Waals surface area contributed by atoms with E-state index in [1.165, 1.54) is 5.56 Å². The summed E-state index contributed by atoms with van der Waals surface area (Å²) in [5.41, 5.74) is 1.91. The van der Waals surface area contributed by atoms with Crippen LogP contribution in [-0.4, -0.2) is 48.3 Å². The molecule has 0 unspecified atom stereocenters. The lowest BCUT2D eigenvalue weighted by molar-refractivity contribution is -0.136. The molecule has 2 aromatic carbocycles. The van der Waals surface area contributed by atoms with Gasteiger partial charge in [-0.05, 0) is 74.8 Å². The van der Waals surface area contributed by atoms with Crippen LogP contribution >= 0.6 is 23.2 Å². The quantitative estimate of drug-likeness (QED) is 0.516. The summed E-state index contributed by atoms with van der Waals surface area (Å²) in [6, 6.07) is 13.7. The summed E-state index contributed by atoms with van der Waals surface area (Å²) in [6.45, 7) is 4.55. The molecule has 1 fully saturated rings. The molecule has 0 bridgehead atoms. The second-order valence-electron chi connectivity index (χ2n) is 7.66. The minimum Gasteiger partial charge on any atom is -0.493 e. The number of nitrogens with one attached hydrogen (secondary N) is 1. The predicted molar refractivity (Wildman–Crippen MR) is 121 cm³/mol. The number of nitrogens with zero attached hydrogens (tertiary/aromatic N) is 1. The fraction of sp³-hybridized carbons (Fsp3) is 0.435. The largest absolute Gasteiger partial charge is 0.493 e. The van der Waals surface area contributed by atoms with E-state index in [1.54, 1.807) is 18.2 Å². The molecule has 1 saturated heterocycles. The lowest BCUT2D eigenvalue weighted by Gasteiger charge is -2.32. The summed E-state index contributed by atoms with van der Waals surface area (Å²) in [7, 11) is 0. The van der Waals surface area contributed by atoms with Crippen molar-refractivity contribution in [2.75, 3.05) is 26.2 Å². The number of halogens is 2. The summed E-state index contributed by atoms with van der Waals surface area (Å²) < 4.78 is 5.79. The Labute approximate surface area is 187 Å². The fourth-order valence-corrected chi connectivity index (χ4v) is 4.01. The van der Waals surface area contributed by atoms with Crippen molar-refractivity contribution in [2.24, 2.45) is 0 Å². The average molecular weight is 451 g/mol. The molecule has 0 saturated carbocycles. The van der Waals surface area contributed by atoms with Gasteiger partial charge in [0.1, 0.15) is 5.75 Å². The monoisotopic (exact) mass is 450 g/mol. The Morgan fingerprint density at radius 3 is 2.50 bits per heavy atom. The highest BCUT2D eigenvalue weighted by atomic mass is 35.5. The first-order valence-corrected chi connectivity index (χ1v) is 11.1. The number of carbonyl (C=O) groups is 1. The number of carboxylic acid groups (broad SMARTS) is 1. The van der Waals surface area contributed by atoms with E-state index < -0.39 is 5.97 Å². The van der Waals surface area contributed by atoms with Crippen LogP contribution in [0, 0.1) is 0 Å². The van der Waals surface area contributed by atoms with E-state index in [0.29, 0.717) is 29.0 Å². The van der Waals surface area contributed by atoms with E-state index in [2.05, 4.69) is 22.3 Å². The SMILES string of the molecule is O=C(O)Cc1cc(Cl)ccc1OCCCNC1CCN(Cc2ccc(Cl)cc2)CC1. The Bertz CT molecular complexity index is 822. The number of piperidine rings is 1. The minimum atomic E-state index is -0.897. The van der Waals surface area contributed by atoms with Crippen LogP contribution in [0.25, 0.3) is 0 Å². The zero-order chi connectivity index (χ0) is 21.3. The van der Waals surface area contributed by atoms with E-state index >= 15 is 0 Å². The number of aliphatic carboxylic acids is 1. The van der Waals surface area contributed by atoms with E-state index in [1.807, 2.05) is 12.1 Å². The second-order valence-corrected chi connectivity index (χ2v) is 8.53. The van der Waals surface area contributed by atoms with Gasteiger partial charge in [-0.15, -0.1) is 0 Å². The van der Waals surface area contributed by atoms with Crippen LogP contribution in [0.5, 0.6) is 5.75 Å². The number of hydrogen-bond acceptors (Lipinski definition) is 4. The Balaban J connectivity index is 1.32. The minimum absolute atomic E-state index is 0.0945. The van der Waals surface area contributed by atoms with Crippen molar-refractivity contribution in [1.29, 1.82) is 0 Å². The molecule has 1 aliphatic heterocycles. The number of carboxylic acids is 1. The van der Waals surface area contributed by atoms with Gasteiger partial charge in [0.05, 0.1) is 13.0 Å². The number of rotatable bonds is 10. The lowest BCUT2D eigenvalue weighted by Crippen LogP contribution is -2.42. The first-order chi connectivity index (χ1) is 14.5. The molecule has 0 aromatic heterocycles. The molecule has 2 aromatic rings. The van der Waals surface area contributed by atoms with Gasteiger partial charge in [0.15, 0.2) is 0 Å². The van der Waals surface area contributed by atoms with Crippen molar-refractivity contribution in [3.63, 3.8) is 0 Å². The van der Waals surface area contributed by atoms with Gasteiger partial charge in [-0.25, -0.2) is 0 Å². The maximum Gasteiger partial charge on any atom is 0.307 e. The van der Waals surface area contributed by atoms with Crippen molar-refractivity contribution in [3.8, 4) is 5.75 Å². The summed E-state index contributed by atoms with van der Waals surface area (Å²) in [4.78, 5) is 13.5. The summed E-state index contributed by atoms with van der Waals surface area (Å²) >= 11 is 11.9. The molecule has 0 aliphatic carbocycles. The van der Waals surface area contributed by atoms with Gasteiger partial charge >= 0.3 is 5.97 Å². The van der Waals surface area contributed by atoms with Crippen LogP contribution in [0.1, 0.15) is 30.4 Å². The molecule has 0 spiro atoms. The number of hydrogen-bond donors (Lipinski definition) is 2. The second kappa shape index (κ2) is 11.6. The molecule has 1 aliphatic rings. The van der Waals surface area contributed by atoms with E-state index in [9.17, 15) is 4.79 Å². The molecule has 2 N–H and O–H groups in total. The van der Waals surface area contributed by atoms with Crippen LogP contribution in [0.15, 0.2) is 42.5 Å². The predicted octanol–water partition coefficient (Wildman–Crippen LogP) is 4.64. The van der Waals surface area contributed by atoms with E-state index in [0.717, 1.165) is 50.5 Å². The Kier molecular flexibility index (Phi) is 8.82. The van der Waals surface area contributed by atoms with E-state index in [-0.39, 0.29) is 6.42 Å². The van der Waals surface area contributed by atoms with E-state index in [4.69, 9.17) is 33.0 Å². The zero-order valence-corrected chi connectivity index (χ0v) is 18.5. The maximum absolute atomic E-state index is 11.0. The standard InChI is InChI=1S/C23H28Cl2N2O3/c24-19-4-2-17(3-5-19)16-27-11-8-21(9-12-27)26-10-1-13-30-22-7-6-20(25)14-18(22)15-23(28)29/h2-7,14,21,26H,1,8-13,15-16H2,(H,28,29). The Morgan fingerprint density at radius 1 is 1.10 bits per heavy atom. The molecule has 0 radical (unpaired) electrons. The third-order valence-corrected chi connectivity index (χ3v) is 5.77. The van der Waals surface area contributed by atoms with Crippen molar-refractivity contribution < 1.29 is 14.6 Å². The molecular formula is C23H28Cl2N2O3. The third-order valence-electron chi connectivity index (χ3n) is 5.28. The van der Waals surface area contributed by atoms with Gasteiger partial charge in [0.25, 0.3) is 0 Å². The molecule has 3 rings (SSSR count). The van der Waals surface area contributed by atoms with Crippen molar-refractivity contribution in [2.45, 2.75) is 38.3 Å². The first-order valence-electron chi connectivity index (χ1n) is 10.3. The number of ether oxygens (including phenoxy) is 1. The Morgan fingerprint density at radius 2 is 1.80 bits per heavy atom. The van der Waals surface area contributed by atoms with Gasteiger partial charge in [0.2, 0.25) is 0 Å². The van der Waals surface area contributed by atoms with Crippen LogP contribution in [0.3, 0.4) is 0 Å². The fourth-order valence-electron chi connectivity index (χ4n) is 3.69. The topological polar surface area (TPSA) is 61.8 Å². The Hall–Kier alpha value is -1.79. The molecule has 5 nitrogen and oxygen atoms in total. The van der Waals surface area contributed by atoms with Gasteiger partial charge in [-0.2, -0.15) is 0 Å². The molecule has 7 heteroatoms. The lowest BCUT2D eigenvalue weighted by atomic mass is 10.0. The van der Waals surface area contributed by atoms with Crippen LogP contribution in [0.4, 0.5) is 0 Å². The van der Waals surface area contributed by atoms with Crippen LogP contribution in [-0.2, 0) is 17.8 Å². The van der Waals surface area contributed by atoms with Crippen molar-refractivity contribution >= 4 is 29.2 Å². The van der Waals surface area contributed by atoms with Crippen LogP contribution < -0.4 is 10.1 Å². The molecule has 0 atom stereocenters. The number of likely N-dealkylation sites (tertiary alicyclic amines) is 1.